The van der Waals surface area contributed by atoms with Gasteiger partial charge in [-0.15, -0.1) is 11.3 Å². The molecule has 0 aliphatic heterocycles. The SMILES string of the molecule is CCCc1cc(C(=O)OCC(=O)Nc2cccc(C(=O)NC)c2)sc1C. The van der Waals surface area contributed by atoms with E-state index in [0.717, 1.165) is 23.3 Å². The van der Waals surface area contributed by atoms with E-state index in [-0.39, 0.29) is 12.5 Å². The number of ether oxygens (including phenoxy) is 1. The molecule has 7 heteroatoms. The van der Waals surface area contributed by atoms with Gasteiger partial charge in [0.25, 0.3) is 11.8 Å². The van der Waals surface area contributed by atoms with E-state index < -0.39 is 11.9 Å². The molecule has 0 fully saturated rings. The van der Waals surface area contributed by atoms with E-state index in [9.17, 15) is 14.4 Å². The van der Waals surface area contributed by atoms with Crippen LogP contribution in [-0.2, 0) is 16.0 Å². The highest BCUT2D eigenvalue weighted by Gasteiger charge is 2.15. The number of amides is 2. The molecule has 2 amide bonds. The van der Waals surface area contributed by atoms with Crippen LogP contribution in [-0.4, -0.2) is 31.4 Å². The molecule has 138 valence electrons. The first kappa shape index (κ1) is 19.7. The molecule has 2 N–H and O–H groups in total. The lowest BCUT2D eigenvalue weighted by molar-refractivity contribution is -0.119. The molecule has 2 aromatic rings. The Bertz CT molecular complexity index is 814. The number of nitrogens with one attached hydrogen (secondary N) is 2. The Morgan fingerprint density at radius 3 is 2.65 bits per heavy atom. The molecule has 6 nitrogen and oxygen atoms in total. The van der Waals surface area contributed by atoms with E-state index >= 15 is 0 Å². The van der Waals surface area contributed by atoms with Crippen LogP contribution < -0.4 is 10.6 Å². The predicted octanol–water partition coefficient (Wildman–Crippen LogP) is 3.16. The lowest BCUT2D eigenvalue weighted by atomic mass is 10.1. The molecule has 0 bridgehead atoms. The normalized spacial score (nSPS) is 10.3. The number of benzene rings is 1. The van der Waals surface area contributed by atoms with Crippen molar-refractivity contribution in [1.29, 1.82) is 0 Å². The van der Waals surface area contributed by atoms with Gasteiger partial charge in [0.1, 0.15) is 4.88 Å². The molecule has 0 aliphatic rings. The second-order valence-electron chi connectivity index (χ2n) is 5.73. The number of thiophene rings is 1. The van der Waals surface area contributed by atoms with Gasteiger partial charge in [0.15, 0.2) is 6.61 Å². The van der Waals surface area contributed by atoms with Crippen LogP contribution in [0.5, 0.6) is 0 Å². The fourth-order valence-corrected chi connectivity index (χ4v) is 3.39. The van der Waals surface area contributed by atoms with Crippen molar-refractivity contribution in [2.24, 2.45) is 0 Å². The van der Waals surface area contributed by atoms with E-state index in [2.05, 4.69) is 17.6 Å². The number of carbonyl (C=O) groups excluding carboxylic acids is 3. The summed E-state index contributed by atoms with van der Waals surface area (Å²) in [5.41, 5.74) is 2.03. The Morgan fingerprint density at radius 1 is 1.19 bits per heavy atom. The van der Waals surface area contributed by atoms with Crippen LogP contribution >= 0.6 is 11.3 Å². The lowest BCUT2D eigenvalue weighted by Gasteiger charge is -2.07. The zero-order valence-corrected chi connectivity index (χ0v) is 15.9. The van der Waals surface area contributed by atoms with Crippen LogP contribution in [0.3, 0.4) is 0 Å². The van der Waals surface area contributed by atoms with Crippen LogP contribution in [0, 0.1) is 6.92 Å². The van der Waals surface area contributed by atoms with Crippen LogP contribution in [0.2, 0.25) is 0 Å². The molecule has 26 heavy (non-hydrogen) atoms. The third kappa shape index (κ3) is 5.16. The van der Waals surface area contributed by atoms with Crippen LogP contribution in [0.25, 0.3) is 0 Å². The smallest absolute Gasteiger partial charge is 0.348 e. The number of anilines is 1. The molecular weight excluding hydrogens is 352 g/mol. The second kappa shape index (κ2) is 9.15. The topological polar surface area (TPSA) is 84.5 Å². The number of esters is 1. The minimum Gasteiger partial charge on any atom is -0.451 e. The van der Waals surface area contributed by atoms with Gasteiger partial charge in [-0.2, -0.15) is 0 Å². The Balaban J connectivity index is 1.91. The van der Waals surface area contributed by atoms with Gasteiger partial charge < -0.3 is 15.4 Å². The van der Waals surface area contributed by atoms with E-state index in [1.165, 1.54) is 18.4 Å². The average molecular weight is 374 g/mol. The van der Waals surface area contributed by atoms with Crippen molar-refractivity contribution in [3.05, 3.63) is 51.2 Å². The summed E-state index contributed by atoms with van der Waals surface area (Å²) >= 11 is 1.38. The van der Waals surface area contributed by atoms with Crippen molar-refractivity contribution in [2.75, 3.05) is 19.0 Å². The monoisotopic (exact) mass is 374 g/mol. The molecule has 1 heterocycles. The third-order valence-electron chi connectivity index (χ3n) is 3.71. The molecule has 0 saturated carbocycles. The van der Waals surface area contributed by atoms with Gasteiger partial charge in [-0.05, 0) is 43.2 Å². The van der Waals surface area contributed by atoms with Crippen molar-refractivity contribution in [3.63, 3.8) is 0 Å². The van der Waals surface area contributed by atoms with Gasteiger partial charge in [0.05, 0.1) is 0 Å². The summed E-state index contributed by atoms with van der Waals surface area (Å²) in [7, 11) is 1.53. The summed E-state index contributed by atoms with van der Waals surface area (Å²) in [5, 5.41) is 5.13. The van der Waals surface area contributed by atoms with Gasteiger partial charge in [0, 0.05) is 23.2 Å². The molecule has 1 aromatic heterocycles. The molecule has 0 spiro atoms. The highest BCUT2D eigenvalue weighted by molar-refractivity contribution is 7.14. The Morgan fingerprint density at radius 2 is 1.96 bits per heavy atom. The van der Waals surface area contributed by atoms with E-state index in [4.69, 9.17) is 4.74 Å². The summed E-state index contributed by atoms with van der Waals surface area (Å²) in [4.78, 5) is 37.3. The molecular formula is C19H22N2O4S. The number of hydrogen-bond donors (Lipinski definition) is 2. The molecule has 0 unspecified atom stereocenters. The van der Waals surface area contributed by atoms with Gasteiger partial charge in [-0.1, -0.05) is 19.4 Å². The first-order chi connectivity index (χ1) is 12.4. The zero-order valence-electron chi connectivity index (χ0n) is 15.0. The predicted molar refractivity (Wildman–Crippen MR) is 102 cm³/mol. The summed E-state index contributed by atoms with van der Waals surface area (Å²) in [6.45, 7) is 3.67. The van der Waals surface area contributed by atoms with Crippen molar-refractivity contribution >= 4 is 34.8 Å². The van der Waals surface area contributed by atoms with Gasteiger partial charge in [-0.25, -0.2) is 4.79 Å². The Hall–Kier alpha value is -2.67. The lowest BCUT2D eigenvalue weighted by Crippen LogP contribution is -2.21. The van der Waals surface area contributed by atoms with E-state index in [0.29, 0.717) is 16.1 Å². The van der Waals surface area contributed by atoms with Crippen molar-refractivity contribution in [3.8, 4) is 0 Å². The summed E-state index contributed by atoms with van der Waals surface area (Å²) in [5.74, 6) is -1.22. The molecule has 0 saturated heterocycles. The molecule has 0 radical (unpaired) electrons. The van der Waals surface area contributed by atoms with Crippen LogP contribution in [0.1, 0.15) is 43.8 Å². The largest absolute Gasteiger partial charge is 0.451 e. The average Bonchev–Trinajstić information content (AvgIpc) is 3.00. The quantitative estimate of drug-likeness (QED) is 0.729. The number of carbonyl (C=O) groups is 3. The minimum atomic E-state index is -0.505. The van der Waals surface area contributed by atoms with Crippen molar-refractivity contribution in [1.82, 2.24) is 5.32 Å². The van der Waals surface area contributed by atoms with Gasteiger partial charge in [-0.3, -0.25) is 9.59 Å². The van der Waals surface area contributed by atoms with Crippen molar-refractivity contribution < 1.29 is 19.1 Å². The fraction of sp³-hybridized carbons (Fsp3) is 0.316. The summed E-state index contributed by atoms with van der Waals surface area (Å²) < 4.78 is 5.09. The number of hydrogen-bond acceptors (Lipinski definition) is 5. The summed E-state index contributed by atoms with van der Waals surface area (Å²) in [6.07, 6.45) is 1.92. The highest BCUT2D eigenvalue weighted by atomic mass is 32.1. The molecule has 0 aliphatic carbocycles. The zero-order chi connectivity index (χ0) is 19.1. The second-order valence-corrected chi connectivity index (χ2v) is 6.98. The standard InChI is InChI=1S/C19H22N2O4S/c1-4-6-13-10-16(26-12(13)2)19(24)25-11-17(22)21-15-8-5-7-14(9-15)18(23)20-3/h5,7-10H,4,6,11H2,1-3H3,(H,20,23)(H,21,22). The Labute approximate surface area is 156 Å². The van der Waals surface area contributed by atoms with Crippen molar-refractivity contribution in [2.45, 2.75) is 26.7 Å². The first-order valence-corrected chi connectivity index (χ1v) is 9.14. The van der Waals surface area contributed by atoms with E-state index in [1.54, 1.807) is 24.3 Å². The summed E-state index contributed by atoms with van der Waals surface area (Å²) in [6, 6.07) is 8.35. The van der Waals surface area contributed by atoms with Crippen LogP contribution in [0.15, 0.2) is 30.3 Å². The first-order valence-electron chi connectivity index (χ1n) is 8.33. The number of aryl methyl sites for hydroxylation is 2. The maximum absolute atomic E-state index is 12.1. The van der Waals surface area contributed by atoms with E-state index in [1.807, 2.05) is 13.0 Å². The number of rotatable bonds is 7. The van der Waals surface area contributed by atoms with Gasteiger partial charge in [0.2, 0.25) is 0 Å². The molecule has 1 aromatic carbocycles. The highest BCUT2D eigenvalue weighted by Crippen LogP contribution is 2.23. The molecule has 2 rings (SSSR count). The third-order valence-corrected chi connectivity index (χ3v) is 4.78. The molecule has 0 atom stereocenters. The fourth-order valence-electron chi connectivity index (χ4n) is 2.42. The maximum atomic E-state index is 12.1. The minimum absolute atomic E-state index is 0.247. The Kier molecular flexibility index (Phi) is 6.91. The van der Waals surface area contributed by atoms with Gasteiger partial charge >= 0.3 is 5.97 Å². The maximum Gasteiger partial charge on any atom is 0.348 e. The van der Waals surface area contributed by atoms with Crippen LogP contribution in [0.4, 0.5) is 5.69 Å².